The molecule has 0 amide bonds. The molecule has 0 atom stereocenters. The first-order valence-electron chi connectivity index (χ1n) is 31.4. The SMILES string of the molecule is Cc1cc2c3c(c1)N(c1ccc4c(c1)C(C)(C)CCC4(C)C)c1cc4c(cc1B3c1ccc(N(c3ccc(C(C)(C)C)cc3C)c3ccc(C(C)(C)C)cc3C)cc1N2c1cc(C(C)(C)C)c2sc3ccccc3c2c1)C(C)(C)CCC4(C)C. The number of fused-ring (bicyclic) bond motifs is 9. The highest BCUT2D eigenvalue weighted by Gasteiger charge is 2.48. The largest absolute Gasteiger partial charge is 0.311 e. The number of benzene rings is 8. The summed E-state index contributed by atoms with van der Waals surface area (Å²) in [4.78, 5) is 8.00. The van der Waals surface area contributed by atoms with Crippen LogP contribution in [0.5, 0.6) is 0 Å². The van der Waals surface area contributed by atoms with E-state index in [0.717, 1.165) is 18.5 Å². The van der Waals surface area contributed by atoms with Gasteiger partial charge in [0.15, 0.2) is 0 Å². The zero-order valence-electron chi connectivity index (χ0n) is 54.4. The molecule has 84 heavy (non-hydrogen) atoms. The van der Waals surface area contributed by atoms with Crippen LogP contribution in [0, 0.1) is 20.8 Å². The summed E-state index contributed by atoms with van der Waals surface area (Å²) in [7, 11) is 0. The lowest BCUT2D eigenvalue weighted by atomic mass is 9.33. The monoisotopic (exact) mass is 1120 g/mol. The zero-order valence-corrected chi connectivity index (χ0v) is 55.2. The normalized spacial score (nSPS) is 17.4. The van der Waals surface area contributed by atoms with Gasteiger partial charge in [-0.1, -0.05) is 178 Å². The fourth-order valence-corrected chi connectivity index (χ4v) is 16.6. The first-order valence-corrected chi connectivity index (χ1v) is 32.3. The third kappa shape index (κ3) is 8.92. The molecule has 4 aliphatic rings. The lowest BCUT2D eigenvalue weighted by Crippen LogP contribution is -2.62. The molecule has 9 aromatic rings. The first kappa shape index (κ1) is 56.6. The van der Waals surface area contributed by atoms with Gasteiger partial charge in [-0.2, -0.15) is 0 Å². The van der Waals surface area contributed by atoms with E-state index in [1.165, 1.54) is 151 Å². The van der Waals surface area contributed by atoms with Crippen LogP contribution in [-0.2, 0) is 37.9 Å². The number of anilines is 9. The molecule has 3 nitrogen and oxygen atoms in total. The van der Waals surface area contributed by atoms with E-state index in [9.17, 15) is 0 Å². The molecule has 8 aromatic carbocycles. The molecule has 0 fully saturated rings. The summed E-state index contributed by atoms with van der Waals surface area (Å²) < 4.78 is 2.71. The van der Waals surface area contributed by atoms with E-state index < -0.39 is 0 Å². The van der Waals surface area contributed by atoms with Gasteiger partial charge >= 0.3 is 0 Å². The Bertz CT molecular complexity index is 4150. The van der Waals surface area contributed by atoms with Gasteiger partial charge in [0.2, 0.25) is 0 Å². The smallest absolute Gasteiger partial charge is 0.252 e. The van der Waals surface area contributed by atoms with Gasteiger partial charge in [-0.25, -0.2) is 0 Å². The van der Waals surface area contributed by atoms with Crippen molar-refractivity contribution in [1.82, 2.24) is 0 Å². The number of thiophene rings is 1. The lowest BCUT2D eigenvalue weighted by Gasteiger charge is -2.48. The molecular formula is C79H90BN3S. The molecular weight excluding hydrogens is 1030 g/mol. The van der Waals surface area contributed by atoms with Crippen LogP contribution >= 0.6 is 11.3 Å². The van der Waals surface area contributed by atoms with Crippen molar-refractivity contribution in [2.24, 2.45) is 0 Å². The third-order valence-corrected chi connectivity index (χ3v) is 21.9. The summed E-state index contributed by atoms with van der Waals surface area (Å²) in [6.07, 6.45) is 4.67. The summed E-state index contributed by atoms with van der Waals surface area (Å²) >= 11 is 1.95. The standard InChI is InChI=1S/C79H90BN3S/c1-47-37-68-71-69(38-47)83(54-41-56-55-23-21-22-24-70(55)84-72(56)61(43-54)75(10,11)12)66-44-53(81(64-31-25-50(39-48(64)2)73(4,5)6)65-32-26-51(40-49(65)3)74(7,8)9)28-30-62(66)80(71)63-45-59-60(79(19,20)36-35-78(59,17)18)46-67(63)82(68)52-27-29-57-58(42-52)77(15,16)34-33-76(57,13)14/h21-32,37-46H,33-36H2,1-20H3. The number of aryl methyl sites for hydroxylation is 3. The second-order valence-electron chi connectivity index (χ2n) is 31.8. The molecule has 0 saturated heterocycles. The van der Waals surface area contributed by atoms with Gasteiger partial charge in [0, 0.05) is 71.4 Å². The van der Waals surface area contributed by atoms with Gasteiger partial charge in [0.05, 0.1) is 0 Å². The minimum atomic E-state index is -0.126. The van der Waals surface area contributed by atoms with E-state index in [0.29, 0.717) is 0 Å². The van der Waals surface area contributed by atoms with Crippen molar-refractivity contribution in [3.8, 4) is 0 Å². The van der Waals surface area contributed by atoms with Crippen LogP contribution in [0.25, 0.3) is 20.2 Å². The minimum absolute atomic E-state index is 0.0132. The quantitative estimate of drug-likeness (QED) is 0.159. The molecule has 0 bridgehead atoms. The molecule has 0 saturated carbocycles. The Morgan fingerprint density at radius 3 is 1.52 bits per heavy atom. The highest BCUT2D eigenvalue weighted by molar-refractivity contribution is 7.26. The van der Waals surface area contributed by atoms with Gasteiger partial charge in [-0.15, -0.1) is 11.3 Å². The Kier molecular flexibility index (Phi) is 12.6. The molecule has 13 rings (SSSR count). The maximum atomic E-state index is 2.72. The van der Waals surface area contributed by atoms with Gasteiger partial charge in [0.25, 0.3) is 6.71 Å². The lowest BCUT2D eigenvalue weighted by molar-refractivity contribution is 0.332. The maximum Gasteiger partial charge on any atom is 0.252 e. The van der Waals surface area contributed by atoms with E-state index in [1.54, 1.807) is 0 Å². The Hall–Kier alpha value is -6.56. The predicted molar refractivity (Wildman–Crippen MR) is 369 cm³/mol. The van der Waals surface area contributed by atoms with Crippen LogP contribution in [-0.4, -0.2) is 6.71 Å². The fourth-order valence-electron chi connectivity index (χ4n) is 15.2. The second kappa shape index (κ2) is 18.7. The van der Waals surface area contributed by atoms with Crippen LogP contribution in [0.4, 0.5) is 51.2 Å². The van der Waals surface area contributed by atoms with Gasteiger partial charge < -0.3 is 14.7 Å². The molecule has 0 radical (unpaired) electrons. The van der Waals surface area contributed by atoms with Gasteiger partial charge in [-0.05, 0) is 229 Å². The fraction of sp³-hybridized carbons (Fsp3) is 0.392. The summed E-state index contributed by atoms with van der Waals surface area (Å²) in [5.74, 6) is 0. The highest BCUT2D eigenvalue weighted by Crippen LogP contribution is 2.55. The molecule has 2 aliphatic carbocycles. The molecule has 430 valence electrons. The number of hydrogen-bond acceptors (Lipinski definition) is 4. The van der Waals surface area contributed by atoms with Crippen molar-refractivity contribution < 1.29 is 0 Å². The maximum absolute atomic E-state index is 2.72. The van der Waals surface area contributed by atoms with E-state index in [-0.39, 0.29) is 44.6 Å². The van der Waals surface area contributed by atoms with Crippen molar-refractivity contribution >= 4 is 106 Å². The molecule has 1 aromatic heterocycles. The highest BCUT2D eigenvalue weighted by atomic mass is 32.1. The molecule has 0 spiro atoms. The zero-order chi connectivity index (χ0) is 59.9. The Balaban J connectivity index is 1.15. The van der Waals surface area contributed by atoms with E-state index in [2.05, 4.69) is 287 Å². The van der Waals surface area contributed by atoms with E-state index in [1.807, 2.05) is 11.3 Å². The second-order valence-corrected chi connectivity index (χ2v) is 32.9. The van der Waals surface area contributed by atoms with Crippen LogP contribution in [0.2, 0.25) is 0 Å². The summed E-state index contributed by atoms with van der Waals surface area (Å²) in [5.41, 5.74) is 29.1. The molecule has 0 unspecified atom stereocenters. The van der Waals surface area contributed by atoms with Crippen molar-refractivity contribution in [3.63, 3.8) is 0 Å². The third-order valence-electron chi connectivity index (χ3n) is 20.7. The number of rotatable bonds is 5. The molecule has 2 aliphatic heterocycles. The first-order chi connectivity index (χ1) is 39.2. The predicted octanol–water partition coefficient (Wildman–Crippen LogP) is 21.1. The van der Waals surface area contributed by atoms with Crippen LogP contribution < -0.4 is 31.1 Å². The van der Waals surface area contributed by atoms with Crippen molar-refractivity contribution in [2.75, 3.05) is 14.7 Å². The summed E-state index contributed by atoms with van der Waals surface area (Å²) in [6, 6.07) is 54.2. The van der Waals surface area contributed by atoms with Gasteiger partial charge in [-0.3, -0.25) is 0 Å². The van der Waals surface area contributed by atoms with Gasteiger partial charge in [0.1, 0.15) is 0 Å². The van der Waals surface area contributed by atoms with Crippen LogP contribution in [0.1, 0.15) is 199 Å². The Morgan fingerprint density at radius 2 is 0.964 bits per heavy atom. The average Bonchev–Trinajstić information content (AvgIpc) is 0.796. The number of hydrogen-bond donors (Lipinski definition) is 0. The minimum Gasteiger partial charge on any atom is -0.311 e. The summed E-state index contributed by atoms with van der Waals surface area (Å²) in [6.45, 7) is 48.0. The van der Waals surface area contributed by atoms with E-state index >= 15 is 0 Å². The van der Waals surface area contributed by atoms with Crippen LogP contribution in [0.3, 0.4) is 0 Å². The molecule has 0 N–H and O–H groups in total. The van der Waals surface area contributed by atoms with Crippen molar-refractivity contribution in [1.29, 1.82) is 0 Å². The topological polar surface area (TPSA) is 9.72 Å². The summed E-state index contributed by atoms with van der Waals surface area (Å²) in [5, 5.41) is 2.65. The van der Waals surface area contributed by atoms with Crippen molar-refractivity contribution in [2.45, 2.75) is 202 Å². The number of nitrogens with zero attached hydrogens (tertiary/aromatic N) is 3. The Morgan fingerprint density at radius 1 is 0.440 bits per heavy atom. The molecule has 5 heteroatoms. The van der Waals surface area contributed by atoms with E-state index in [4.69, 9.17) is 0 Å². The molecule has 3 heterocycles. The Labute approximate surface area is 508 Å². The van der Waals surface area contributed by atoms with Crippen LogP contribution in [0.15, 0.2) is 133 Å². The van der Waals surface area contributed by atoms with Crippen molar-refractivity contribution in [3.05, 3.63) is 189 Å². The average molecular weight is 1120 g/mol.